The maximum Gasteiger partial charge on any atom is 0.259 e. The fraction of sp³-hybridized carbons (Fsp3) is 0.364. The molecule has 1 atom stereocenters. The molecule has 1 saturated carbocycles. The van der Waals surface area contributed by atoms with E-state index in [0.717, 1.165) is 34.2 Å². The van der Waals surface area contributed by atoms with Crippen molar-refractivity contribution in [3.05, 3.63) is 29.9 Å². The lowest BCUT2D eigenvalue weighted by atomic mass is 9.98. The van der Waals surface area contributed by atoms with Crippen molar-refractivity contribution in [2.45, 2.75) is 25.3 Å². The van der Waals surface area contributed by atoms with Gasteiger partial charge in [0.1, 0.15) is 16.7 Å². The summed E-state index contributed by atoms with van der Waals surface area (Å²) < 4.78 is 16.5. The summed E-state index contributed by atoms with van der Waals surface area (Å²) in [5.41, 5.74) is 0.893. The zero-order valence-corrected chi connectivity index (χ0v) is 18.3. The molecule has 3 aromatic rings. The van der Waals surface area contributed by atoms with Crippen LogP contribution >= 0.6 is 11.3 Å². The van der Waals surface area contributed by atoms with E-state index in [4.69, 9.17) is 14.2 Å². The monoisotopic (exact) mass is 438 g/mol. The molecule has 8 nitrogen and oxygen atoms in total. The van der Waals surface area contributed by atoms with Crippen molar-refractivity contribution in [2.24, 2.45) is 5.92 Å². The topological polar surface area (TPSA) is 106 Å². The highest BCUT2D eigenvalue weighted by molar-refractivity contribution is 7.17. The number of benzene rings is 1. The number of carbonyl (C=O) groups excluding carboxylic acids is 1. The van der Waals surface area contributed by atoms with Gasteiger partial charge < -0.3 is 19.5 Å². The number of ether oxygens (including phenoxy) is 3. The molecule has 9 heteroatoms. The van der Waals surface area contributed by atoms with Gasteiger partial charge >= 0.3 is 0 Å². The van der Waals surface area contributed by atoms with Crippen LogP contribution in [-0.4, -0.2) is 42.2 Å². The molecule has 0 unspecified atom stereocenters. The minimum Gasteiger partial charge on any atom is -0.493 e. The molecule has 1 amide bonds. The Morgan fingerprint density at radius 1 is 1.29 bits per heavy atom. The Balaban J connectivity index is 1.59. The van der Waals surface area contributed by atoms with Gasteiger partial charge in [-0.3, -0.25) is 4.79 Å². The number of methoxy groups -OCH3 is 2. The van der Waals surface area contributed by atoms with Crippen molar-refractivity contribution in [1.29, 1.82) is 5.26 Å². The Labute approximate surface area is 183 Å². The van der Waals surface area contributed by atoms with Crippen molar-refractivity contribution in [3.63, 3.8) is 0 Å². The Bertz CT molecular complexity index is 1170. The molecule has 1 aliphatic rings. The molecule has 2 heterocycles. The summed E-state index contributed by atoms with van der Waals surface area (Å²) in [6.07, 6.45) is 3.30. The van der Waals surface area contributed by atoms with Gasteiger partial charge in [0.25, 0.3) is 5.91 Å². The molecular weight excluding hydrogens is 416 g/mol. The lowest BCUT2D eigenvalue weighted by Crippen LogP contribution is -2.48. The zero-order valence-electron chi connectivity index (χ0n) is 17.5. The molecular formula is C22H22N4O4S. The third-order valence-corrected chi connectivity index (χ3v) is 6.28. The third kappa shape index (κ3) is 4.11. The first kappa shape index (κ1) is 20.9. The van der Waals surface area contributed by atoms with Crippen LogP contribution in [0.5, 0.6) is 17.4 Å². The summed E-state index contributed by atoms with van der Waals surface area (Å²) in [7, 11) is 3.17. The number of nitriles is 1. The minimum absolute atomic E-state index is 0.195. The molecule has 160 valence electrons. The molecule has 1 aromatic carbocycles. The molecule has 0 spiro atoms. The smallest absolute Gasteiger partial charge is 0.259 e. The highest BCUT2D eigenvalue weighted by atomic mass is 32.1. The highest BCUT2D eigenvalue weighted by Gasteiger charge is 2.43. The van der Waals surface area contributed by atoms with E-state index in [2.05, 4.69) is 21.4 Å². The molecule has 0 radical (unpaired) electrons. The van der Waals surface area contributed by atoms with Crippen molar-refractivity contribution in [2.75, 3.05) is 20.8 Å². The van der Waals surface area contributed by atoms with Crippen LogP contribution in [0.2, 0.25) is 0 Å². The standard InChI is InChI=1S/C22H22N4O4S/c1-22(11-23,14-5-6-14)26-18(27)9-30-20-19-15(10-31-21(19)25-12-24-20)13-4-7-16(28-2)17(8-13)29-3/h4,7-8,10,12,14H,5-6,9H2,1-3H3,(H,26,27)/t22-/m1/s1. The SMILES string of the molecule is COc1ccc(-c2csc3ncnc(OCC(=O)N[C@](C)(C#N)C4CC4)c23)cc1OC. The molecule has 1 fully saturated rings. The first-order valence-corrected chi connectivity index (χ1v) is 10.7. The Hall–Kier alpha value is -3.38. The van der Waals surface area contributed by atoms with Gasteiger partial charge in [0.2, 0.25) is 5.88 Å². The van der Waals surface area contributed by atoms with Crippen LogP contribution in [0.25, 0.3) is 21.3 Å². The van der Waals surface area contributed by atoms with Crippen LogP contribution in [-0.2, 0) is 4.79 Å². The average molecular weight is 439 g/mol. The number of hydrogen-bond acceptors (Lipinski definition) is 8. The van der Waals surface area contributed by atoms with Gasteiger partial charge in [-0.05, 0) is 43.4 Å². The van der Waals surface area contributed by atoms with Crippen molar-refractivity contribution in [1.82, 2.24) is 15.3 Å². The lowest BCUT2D eigenvalue weighted by molar-refractivity contribution is -0.124. The van der Waals surface area contributed by atoms with Crippen LogP contribution in [0.15, 0.2) is 29.9 Å². The largest absolute Gasteiger partial charge is 0.493 e. The number of rotatable bonds is 8. The van der Waals surface area contributed by atoms with E-state index < -0.39 is 5.54 Å². The van der Waals surface area contributed by atoms with Gasteiger partial charge in [-0.25, -0.2) is 9.97 Å². The predicted molar refractivity (Wildman–Crippen MR) is 116 cm³/mol. The molecule has 1 aliphatic carbocycles. The fourth-order valence-corrected chi connectivity index (χ4v) is 4.42. The van der Waals surface area contributed by atoms with Gasteiger partial charge in [-0.1, -0.05) is 6.07 Å². The van der Waals surface area contributed by atoms with E-state index >= 15 is 0 Å². The fourth-order valence-electron chi connectivity index (χ4n) is 3.51. The molecule has 2 aromatic heterocycles. The number of nitrogens with one attached hydrogen (secondary N) is 1. The summed E-state index contributed by atoms with van der Waals surface area (Å²) in [6, 6.07) is 7.83. The summed E-state index contributed by atoms with van der Waals surface area (Å²) in [5.74, 6) is 1.39. The summed E-state index contributed by atoms with van der Waals surface area (Å²) in [5, 5.41) is 14.9. The normalized spacial score (nSPS) is 15.0. The zero-order chi connectivity index (χ0) is 22.0. The number of hydrogen-bond donors (Lipinski definition) is 1. The van der Waals surface area contributed by atoms with E-state index in [1.54, 1.807) is 21.1 Å². The number of fused-ring (bicyclic) bond motifs is 1. The number of thiophene rings is 1. The molecule has 31 heavy (non-hydrogen) atoms. The summed E-state index contributed by atoms with van der Waals surface area (Å²) >= 11 is 1.46. The quantitative estimate of drug-likeness (QED) is 0.573. The lowest BCUT2D eigenvalue weighted by Gasteiger charge is -2.22. The molecule has 0 aliphatic heterocycles. The van der Waals surface area contributed by atoms with E-state index in [-0.39, 0.29) is 18.4 Å². The van der Waals surface area contributed by atoms with Crippen LogP contribution in [0, 0.1) is 17.2 Å². The Kier molecular flexibility index (Phi) is 5.65. The van der Waals surface area contributed by atoms with Crippen LogP contribution in [0.4, 0.5) is 0 Å². The van der Waals surface area contributed by atoms with E-state index in [1.165, 1.54) is 17.7 Å². The second-order valence-electron chi connectivity index (χ2n) is 7.50. The van der Waals surface area contributed by atoms with Crippen LogP contribution in [0.3, 0.4) is 0 Å². The number of amides is 1. The number of nitrogens with zero attached hydrogens (tertiary/aromatic N) is 3. The second-order valence-corrected chi connectivity index (χ2v) is 8.36. The van der Waals surface area contributed by atoms with E-state index in [9.17, 15) is 10.1 Å². The number of aromatic nitrogens is 2. The van der Waals surface area contributed by atoms with E-state index in [0.29, 0.717) is 17.4 Å². The minimum atomic E-state index is -0.866. The van der Waals surface area contributed by atoms with Crippen molar-refractivity contribution < 1.29 is 19.0 Å². The molecule has 0 bridgehead atoms. The number of carbonyl (C=O) groups is 1. The summed E-state index contributed by atoms with van der Waals surface area (Å²) in [4.78, 5) is 21.8. The average Bonchev–Trinajstić information content (AvgIpc) is 3.57. The van der Waals surface area contributed by atoms with E-state index in [1.807, 2.05) is 23.6 Å². The van der Waals surface area contributed by atoms with Gasteiger partial charge in [0.05, 0.1) is 25.7 Å². The van der Waals surface area contributed by atoms with Crippen molar-refractivity contribution >= 4 is 27.5 Å². The van der Waals surface area contributed by atoms with Crippen molar-refractivity contribution in [3.8, 4) is 34.6 Å². The highest BCUT2D eigenvalue weighted by Crippen LogP contribution is 2.41. The molecule has 4 rings (SSSR count). The maximum absolute atomic E-state index is 12.4. The first-order chi connectivity index (χ1) is 15.0. The van der Waals surface area contributed by atoms with Crippen LogP contribution in [0.1, 0.15) is 19.8 Å². The second kappa shape index (κ2) is 8.40. The Morgan fingerprint density at radius 2 is 2.06 bits per heavy atom. The van der Waals surface area contributed by atoms with Crippen LogP contribution < -0.4 is 19.5 Å². The van der Waals surface area contributed by atoms with Gasteiger partial charge in [0.15, 0.2) is 18.1 Å². The van der Waals surface area contributed by atoms with Gasteiger partial charge in [0, 0.05) is 10.9 Å². The van der Waals surface area contributed by atoms with Gasteiger partial charge in [-0.15, -0.1) is 11.3 Å². The van der Waals surface area contributed by atoms with Gasteiger partial charge in [-0.2, -0.15) is 5.26 Å². The maximum atomic E-state index is 12.4. The predicted octanol–water partition coefficient (Wildman–Crippen LogP) is 3.56. The molecule has 0 saturated heterocycles. The Morgan fingerprint density at radius 3 is 2.74 bits per heavy atom. The third-order valence-electron chi connectivity index (χ3n) is 5.40. The summed E-state index contributed by atoms with van der Waals surface area (Å²) in [6.45, 7) is 1.51. The molecule has 1 N–H and O–H groups in total. The first-order valence-electron chi connectivity index (χ1n) is 9.78.